The maximum absolute atomic E-state index is 12.2. The molecule has 0 atom stereocenters. The highest BCUT2D eigenvalue weighted by molar-refractivity contribution is 5.57. The predicted octanol–water partition coefficient (Wildman–Crippen LogP) is 2.94. The van der Waals surface area contributed by atoms with Gasteiger partial charge in [-0.3, -0.25) is 0 Å². The number of aliphatic hydroxyl groups is 1. The summed E-state index contributed by atoms with van der Waals surface area (Å²) in [6.45, 7) is 4.59. The van der Waals surface area contributed by atoms with Gasteiger partial charge in [-0.25, -0.2) is 4.98 Å². The van der Waals surface area contributed by atoms with Gasteiger partial charge < -0.3 is 5.11 Å². The van der Waals surface area contributed by atoms with Crippen molar-refractivity contribution in [2.24, 2.45) is 0 Å². The number of hydrogen-bond donors (Lipinski definition) is 1. The smallest absolute Gasteiger partial charge is 0.433 e. The van der Waals surface area contributed by atoms with E-state index in [4.69, 9.17) is 5.11 Å². The van der Waals surface area contributed by atoms with Gasteiger partial charge in [-0.05, 0) is 19.1 Å². The fourth-order valence-corrected chi connectivity index (χ4v) is 1.02. The minimum Gasteiger partial charge on any atom is -0.508 e. The van der Waals surface area contributed by atoms with Crippen LogP contribution in [0, 0.1) is 6.92 Å². The number of alkyl halides is 3. The van der Waals surface area contributed by atoms with Crippen LogP contribution in [-0.4, -0.2) is 10.1 Å². The first-order chi connectivity index (χ1) is 6.32. The van der Waals surface area contributed by atoms with Crippen LogP contribution in [0.15, 0.2) is 18.7 Å². The standard InChI is InChI=1S/C9H8F3NO/c1-5-7(6(2)14)3-4-8(13-5)9(10,11)12/h3-4,14H,2H2,1H3. The van der Waals surface area contributed by atoms with Crippen LogP contribution in [0.25, 0.3) is 5.76 Å². The molecule has 0 bridgehead atoms. The van der Waals surface area contributed by atoms with Gasteiger partial charge >= 0.3 is 6.18 Å². The van der Waals surface area contributed by atoms with Gasteiger partial charge in [-0.2, -0.15) is 13.2 Å². The molecule has 1 heterocycles. The van der Waals surface area contributed by atoms with E-state index in [1.54, 1.807) is 0 Å². The molecule has 0 aliphatic heterocycles. The number of halogens is 3. The maximum Gasteiger partial charge on any atom is 0.433 e. The quantitative estimate of drug-likeness (QED) is 0.712. The lowest BCUT2D eigenvalue weighted by atomic mass is 10.1. The van der Waals surface area contributed by atoms with Crippen molar-refractivity contribution in [3.05, 3.63) is 35.7 Å². The molecule has 1 aromatic heterocycles. The third-order valence-electron chi connectivity index (χ3n) is 1.69. The largest absolute Gasteiger partial charge is 0.508 e. The first-order valence-corrected chi connectivity index (χ1v) is 3.75. The van der Waals surface area contributed by atoms with E-state index >= 15 is 0 Å². The van der Waals surface area contributed by atoms with Gasteiger partial charge in [0.15, 0.2) is 0 Å². The van der Waals surface area contributed by atoms with Crippen LogP contribution in [0.3, 0.4) is 0 Å². The summed E-state index contributed by atoms with van der Waals surface area (Å²) < 4.78 is 36.5. The Labute approximate surface area is 78.7 Å². The summed E-state index contributed by atoms with van der Waals surface area (Å²) in [6, 6.07) is 1.96. The molecular weight excluding hydrogens is 195 g/mol. The Morgan fingerprint density at radius 2 is 2.00 bits per heavy atom. The number of nitrogens with zero attached hydrogens (tertiary/aromatic N) is 1. The van der Waals surface area contributed by atoms with Crippen LogP contribution in [0.1, 0.15) is 17.0 Å². The van der Waals surface area contributed by atoms with E-state index in [1.165, 1.54) is 6.92 Å². The molecule has 2 nitrogen and oxygen atoms in total. The lowest BCUT2D eigenvalue weighted by Gasteiger charge is -2.08. The lowest BCUT2D eigenvalue weighted by molar-refractivity contribution is -0.141. The second-order valence-electron chi connectivity index (χ2n) is 2.77. The van der Waals surface area contributed by atoms with Crippen LogP contribution >= 0.6 is 0 Å². The van der Waals surface area contributed by atoms with Crippen LogP contribution in [0.4, 0.5) is 13.2 Å². The maximum atomic E-state index is 12.2. The van der Waals surface area contributed by atoms with Crippen molar-refractivity contribution in [1.82, 2.24) is 4.98 Å². The Bertz CT molecular complexity index is 371. The van der Waals surface area contributed by atoms with Crippen molar-refractivity contribution in [2.45, 2.75) is 13.1 Å². The number of pyridine rings is 1. The molecule has 0 radical (unpaired) electrons. The van der Waals surface area contributed by atoms with E-state index in [9.17, 15) is 13.2 Å². The molecule has 14 heavy (non-hydrogen) atoms. The number of aryl methyl sites for hydroxylation is 1. The van der Waals surface area contributed by atoms with Crippen molar-refractivity contribution in [3.63, 3.8) is 0 Å². The van der Waals surface area contributed by atoms with Gasteiger partial charge in [0.05, 0.1) is 0 Å². The average Bonchev–Trinajstić information content (AvgIpc) is 2.01. The SMILES string of the molecule is C=C(O)c1ccc(C(F)(F)F)nc1C. The summed E-state index contributed by atoms with van der Waals surface area (Å²) in [4.78, 5) is 3.32. The minimum absolute atomic E-state index is 0.104. The van der Waals surface area contributed by atoms with E-state index in [-0.39, 0.29) is 17.0 Å². The van der Waals surface area contributed by atoms with Crippen LogP contribution in [-0.2, 0) is 6.18 Å². The summed E-state index contributed by atoms with van der Waals surface area (Å²) in [5.41, 5.74) is -0.648. The molecule has 0 unspecified atom stereocenters. The number of aliphatic hydroxyl groups excluding tert-OH is 1. The number of rotatable bonds is 1. The average molecular weight is 203 g/mol. The van der Waals surface area contributed by atoms with E-state index < -0.39 is 11.9 Å². The third-order valence-corrected chi connectivity index (χ3v) is 1.69. The highest BCUT2D eigenvalue weighted by Crippen LogP contribution is 2.28. The Hall–Kier alpha value is -1.52. The van der Waals surface area contributed by atoms with Crippen molar-refractivity contribution < 1.29 is 18.3 Å². The number of hydrogen-bond acceptors (Lipinski definition) is 2. The van der Waals surface area contributed by atoms with Crippen molar-refractivity contribution in [1.29, 1.82) is 0 Å². The Kier molecular flexibility index (Phi) is 2.51. The zero-order valence-electron chi connectivity index (χ0n) is 7.39. The van der Waals surface area contributed by atoms with Gasteiger partial charge in [0.2, 0.25) is 0 Å². The van der Waals surface area contributed by atoms with E-state index in [2.05, 4.69) is 11.6 Å². The zero-order chi connectivity index (χ0) is 10.9. The molecule has 76 valence electrons. The van der Waals surface area contributed by atoms with Gasteiger partial charge in [0, 0.05) is 11.3 Å². The molecule has 0 saturated heterocycles. The topological polar surface area (TPSA) is 33.1 Å². The molecule has 1 aromatic rings. The van der Waals surface area contributed by atoms with Gasteiger partial charge in [0.25, 0.3) is 0 Å². The normalized spacial score (nSPS) is 11.4. The first-order valence-electron chi connectivity index (χ1n) is 3.75. The van der Waals surface area contributed by atoms with Crippen LogP contribution in [0.5, 0.6) is 0 Å². The molecule has 5 heteroatoms. The molecule has 1 rings (SSSR count). The second-order valence-corrected chi connectivity index (χ2v) is 2.77. The summed E-state index contributed by atoms with van der Waals surface area (Å²) in [5.74, 6) is -0.288. The van der Waals surface area contributed by atoms with E-state index in [1.807, 2.05) is 0 Å². The predicted molar refractivity (Wildman–Crippen MR) is 45.6 cm³/mol. The van der Waals surface area contributed by atoms with Gasteiger partial charge in [-0.1, -0.05) is 6.58 Å². The summed E-state index contributed by atoms with van der Waals surface area (Å²) >= 11 is 0. The first kappa shape index (κ1) is 10.6. The third kappa shape index (κ3) is 2.04. The lowest BCUT2D eigenvalue weighted by Crippen LogP contribution is -2.09. The highest BCUT2D eigenvalue weighted by Gasteiger charge is 2.32. The van der Waals surface area contributed by atoms with Gasteiger partial charge in [-0.15, -0.1) is 0 Å². The van der Waals surface area contributed by atoms with Crippen LogP contribution < -0.4 is 0 Å². The van der Waals surface area contributed by atoms with E-state index in [0.717, 1.165) is 12.1 Å². The molecule has 0 aromatic carbocycles. The number of aromatic nitrogens is 1. The van der Waals surface area contributed by atoms with Crippen molar-refractivity contribution in [3.8, 4) is 0 Å². The summed E-state index contributed by atoms with van der Waals surface area (Å²) in [7, 11) is 0. The molecule has 0 saturated carbocycles. The Balaban J connectivity index is 3.20. The zero-order valence-corrected chi connectivity index (χ0v) is 7.39. The minimum atomic E-state index is -4.46. The molecule has 0 aliphatic carbocycles. The molecule has 0 amide bonds. The van der Waals surface area contributed by atoms with Crippen LogP contribution in [0.2, 0.25) is 0 Å². The van der Waals surface area contributed by atoms with E-state index in [0.29, 0.717) is 0 Å². The second kappa shape index (κ2) is 3.32. The monoisotopic (exact) mass is 203 g/mol. The fourth-order valence-electron chi connectivity index (χ4n) is 1.02. The van der Waals surface area contributed by atoms with Crippen molar-refractivity contribution >= 4 is 5.76 Å². The summed E-state index contributed by atoms with van der Waals surface area (Å²) in [5, 5.41) is 8.98. The van der Waals surface area contributed by atoms with Gasteiger partial charge in [0.1, 0.15) is 11.5 Å². The Morgan fingerprint density at radius 3 is 2.36 bits per heavy atom. The Morgan fingerprint density at radius 1 is 1.43 bits per heavy atom. The van der Waals surface area contributed by atoms with Crippen molar-refractivity contribution in [2.75, 3.05) is 0 Å². The fraction of sp³-hybridized carbons (Fsp3) is 0.222. The molecule has 0 aliphatic rings. The molecule has 0 spiro atoms. The highest BCUT2D eigenvalue weighted by atomic mass is 19.4. The molecule has 0 fully saturated rings. The molecule has 1 N–H and O–H groups in total. The summed E-state index contributed by atoms with van der Waals surface area (Å²) in [6.07, 6.45) is -4.46. The molecular formula is C9H8F3NO.